The molecule has 3 aromatic rings. The second kappa shape index (κ2) is 9.00. The number of pyridine rings is 3. The normalized spacial score (nSPS) is 18.3. The third-order valence-corrected chi connectivity index (χ3v) is 5.44. The fourth-order valence-electron chi connectivity index (χ4n) is 3.78. The lowest BCUT2D eigenvalue weighted by atomic mass is 9.95. The van der Waals surface area contributed by atoms with Crippen molar-refractivity contribution in [2.45, 2.75) is 25.9 Å². The molecule has 1 fully saturated rings. The molecule has 0 saturated carbocycles. The molecule has 1 saturated heterocycles. The average Bonchev–Trinajstić information content (AvgIpc) is 3.18. The van der Waals surface area contributed by atoms with E-state index in [0.29, 0.717) is 25.3 Å². The van der Waals surface area contributed by atoms with Gasteiger partial charge in [0.05, 0.1) is 25.8 Å². The SMILES string of the molecule is Cc1ccn(Cc2cccnc2)c(=O)c1C(=O)N[C@H]1COC[C@H]1Cc1ccncc1. The summed E-state index contributed by atoms with van der Waals surface area (Å²) in [6.07, 6.45) is 9.42. The van der Waals surface area contributed by atoms with E-state index in [0.717, 1.165) is 17.5 Å². The zero-order valence-electron chi connectivity index (χ0n) is 16.8. The second-order valence-corrected chi connectivity index (χ2v) is 7.61. The maximum Gasteiger partial charge on any atom is 0.263 e. The molecule has 7 heteroatoms. The number of carbonyl (C=O) groups is 1. The van der Waals surface area contributed by atoms with Crippen LogP contribution in [-0.4, -0.2) is 39.7 Å². The van der Waals surface area contributed by atoms with Gasteiger partial charge in [-0.3, -0.25) is 19.6 Å². The largest absolute Gasteiger partial charge is 0.379 e. The third-order valence-electron chi connectivity index (χ3n) is 5.44. The van der Waals surface area contributed by atoms with Crippen molar-refractivity contribution in [3.8, 4) is 0 Å². The number of aromatic nitrogens is 3. The van der Waals surface area contributed by atoms with Gasteiger partial charge in [0.25, 0.3) is 11.5 Å². The van der Waals surface area contributed by atoms with Crippen molar-refractivity contribution >= 4 is 5.91 Å². The van der Waals surface area contributed by atoms with Crippen molar-refractivity contribution in [3.63, 3.8) is 0 Å². The van der Waals surface area contributed by atoms with E-state index in [-0.39, 0.29) is 29.0 Å². The Morgan fingerprint density at radius 3 is 2.73 bits per heavy atom. The van der Waals surface area contributed by atoms with Gasteiger partial charge in [0.15, 0.2) is 0 Å². The van der Waals surface area contributed by atoms with E-state index in [1.54, 1.807) is 48.5 Å². The van der Waals surface area contributed by atoms with E-state index in [9.17, 15) is 9.59 Å². The summed E-state index contributed by atoms with van der Waals surface area (Å²) in [5.41, 5.74) is 2.58. The number of nitrogens with zero attached hydrogens (tertiary/aromatic N) is 3. The highest BCUT2D eigenvalue weighted by Gasteiger charge is 2.31. The summed E-state index contributed by atoms with van der Waals surface area (Å²) in [6.45, 7) is 3.16. The van der Waals surface area contributed by atoms with Gasteiger partial charge in [0.1, 0.15) is 5.56 Å². The van der Waals surface area contributed by atoms with Crippen LogP contribution in [0.3, 0.4) is 0 Å². The molecule has 2 atom stereocenters. The standard InChI is InChI=1S/C23H24N4O3/c1-16-6-10-27(13-18-3-2-7-25-12-18)23(29)21(16)22(28)26-20-15-30-14-19(20)11-17-4-8-24-9-5-17/h2-10,12,19-20H,11,13-15H2,1H3,(H,26,28)/t19-,20+/m1/s1. The Labute approximate surface area is 174 Å². The average molecular weight is 404 g/mol. The maximum atomic E-state index is 13.0. The Morgan fingerprint density at radius 1 is 1.13 bits per heavy atom. The number of hydrogen-bond donors (Lipinski definition) is 1. The van der Waals surface area contributed by atoms with Crippen molar-refractivity contribution in [3.05, 3.63) is 93.9 Å². The minimum absolute atomic E-state index is 0.142. The lowest BCUT2D eigenvalue weighted by Gasteiger charge is -2.20. The first-order valence-corrected chi connectivity index (χ1v) is 9.98. The molecule has 1 N–H and O–H groups in total. The van der Waals surface area contributed by atoms with Crippen molar-refractivity contribution in [1.82, 2.24) is 19.9 Å². The van der Waals surface area contributed by atoms with Gasteiger partial charge in [-0.05, 0) is 54.3 Å². The van der Waals surface area contributed by atoms with Gasteiger partial charge >= 0.3 is 0 Å². The van der Waals surface area contributed by atoms with Crippen LogP contribution in [0.15, 0.2) is 66.1 Å². The fourth-order valence-corrected chi connectivity index (χ4v) is 3.78. The van der Waals surface area contributed by atoms with Gasteiger partial charge in [-0.2, -0.15) is 0 Å². The summed E-state index contributed by atoms with van der Waals surface area (Å²) < 4.78 is 7.16. The first-order chi connectivity index (χ1) is 14.6. The zero-order chi connectivity index (χ0) is 20.9. The molecule has 0 aromatic carbocycles. The van der Waals surface area contributed by atoms with Crippen molar-refractivity contribution in [2.75, 3.05) is 13.2 Å². The Morgan fingerprint density at radius 2 is 1.97 bits per heavy atom. The van der Waals surface area contributed by atoms with Crippen molar-refractivity contribution < 1.29 is 9.53 Å². The lowest BCUT2D eigenvalue weighted by molar-refractivity contribution is 0.0922. The predicted octanol–water partition coefficient (Wildman–Crippen LogP) is 1.98. The Balaban J connectivity index is 1.51. The van der Waals surface area contributed by atoms with Crippen LogP contribution in [-0.2, 0) is 17.7 Å². The van der Waals surface area contributed by atoms with Crippen LogP contribution in [0.2, 0.25) is 0 Å². The van der Waals surface area contributed by atoms with E-state index in [1.165, 1.54) is 0 Å². The van der Waals surface area contributed by atoms with Gasteiger partial charge in [0, 0.05) is 36.9 Å². The minimum atomic E-state index is -0.353. The summed E-state index contributed by atoms with van der Waals surface area (Å²) in [5, 5.41) is 3.03. The highest BCUT2D eigenvalue weighted by atomic mass is 16.5. The number of nitrogens with one attached hydrogen (secondary N) is 1. The number of ether oxygens (including phenoxy) is 1. The first-order valence-electron chi connectivity index (χ1n) is 9.98. The predicted molar refractivity (Wildman–Crippen MR) is 112 cm³/mol. The van der Waals surface area contributed by atoms with Crippen molar-refractivity contribution in [2.24, 2.45) is 5.92 Å². The van der Waals surface area contributed by atoms with Gasteiger partial charge in [-0.1, -0.05) is 6.07 Å². The van der Waals surface area contributed by atoms with E-state index >= 15 is 0 Å². The number of aryl methyl sites for hydroxylation is 1. The summed E-state index contributed by atoms with van der Waals surface area (Å²) in [5.74, 6) is -0.203. The molecular formula is C23H24N4O3. The van der Waals surface area contributed by atoms with Crippen LogP contribution in [0.1, 0.15) is 27.0 Å². The maximum absolute atomic E-state index is 13.0. The summed E-state index contributed by atoms with van der Waals surface area (Å²) in [6, 6.07) is 9.32. The summed E-state index contributed by atoms with van der Waals surface area (Å²) in [4.78, 5) is 34.2. The topological polar surface area (TPSA) is 86.1 Å². The Hall–Kier alpha value is -3.32. The molecule has 0 aliphatic carbocycles. The number of amides is 1. The first kappa shape index (κ1) is 20.0. The molecular weight excluding hydrogens is 380 g/mol. The molecule has 30 heavy (non-hydrogen) atoms. The molecule has 1 aliphatic heterocycles. The van der Waals surface area contributed by atoms with Crippen LogP contribution in [0.25, 0.3) is 0 Å². The Bertz CT molecular complexity index is 1070. The minimum Gasteiger partial charge on any atom is -0.379 e. The quantitative estimate of drug-likeness (QED) is 0.679. The molecule has 1 amide bonds. The van der Waals surface area contributed by atoms with E-state index in [2.05, 4.69) is 15.3 Å². The van der Waals surface area contributed by atoms with E-state index in [4.69, 9.17) is 4.74 Å². The molecule has 3 aromatic heterocycles. The van der Waals surface area contributed by atoms with Gasteiger partial charge < -0.3 is 14.6 Å². The second-order valence-electron chi connectivity index (χ2n) is 7.61. The van der Waals surface area contributed by atoms with Crippen LogP contribution in [0, 0.1) is 12.8 Å². The monoisotopic (exact) mass is 404 g/mol. The van der Waals surface area contributed by atoms with Gasteiger partial charge in [-0.15, -0.1) is 0 Å². The van der Waals surface area contributed by atoms with Crippen LogP contribution in [0.5, 0.6) is 0 Å². The fraction of sp³-hybridized carbons (Fsp3) is 0.304. The molecule has 4 heterocycles. The molecule has 1 aliphatic rings. The third kappa shape index (κ3) is 4.46. The molecule has 0 unspecified atom stereocenters. The highest BCUT2D eigenvalue weighted by molar-refractivity contribution is 5.95. The van der Waals surface area contributed by atoms with Crippen LogP contribution in [0.4, 0.5) is 0 Å². The van der Waals surface area contributed by atoms with E-state index < -0.39 is 0 Å². The summed E-state index contributed by atoms with van der Waals surface area (Å²) in [7, 11) is 0. The molecule has 0 radical (unpaired) electrons. The highest BCUT2D eigenvalue weighted by Crippen LogP contribution is 2.19. The number of carbonyl (C=O) groups excluding carboxylic acids is 1. The molecule has 0 spiro atoms. The molecule has 7 nitrogen and oxygen atoms in total. The number of hydrogen-bond acceptors (Lipinski definition) is 5. The Kier molecular flexibility index (Phi) is 5.99. The summed E-state index contributed by atoms with van der Waals surface area (Å²) >= 11 is 0. The molecule has 0 bridgehead atoms. The smallest absolute Gasteiger partial charge is 0.263 e. The zero-order valence-corrected chi connectivity index (χ0v) is 16.8. The lowest BCUT2D eigenvalue weighted by Crippen LogP contribution is -2.43. The van der Waals surface area contributed by atoms with Crippen molar-refractivity contribution in [1.29, 1.82) is 0 Å². The number of rotatable bonds is 6. The van der Waals surface area contributed by atoms with E-state index in [1.807, 2.05) is 24.3 Å². The van der Waals surface area contributed by atoms with Gasteiger partial charge in [-0.25, -0.2) is 0 Å². The van der Waals surface area contributed by atoms with Gasteiger partial charge in [0.2, 0.25) is 0 Å². The van der Waals surface area contributed by atoms with Crippen LogP contribution < -0.4 is 10.9 Å². The van der Waals surface area contributed by atoms with Crippen LogP contribution >= 0.6 is 0 Å². The molecule has 154 valence electrons. The molecule has 4 rings (SSSR count).